The molecule has 10 heteroatoms. The van der Waals surface area contributed by atoms with Crippen LogP contribution in [0.25, 0.3) is 22.4 Å². The van der Waals surface area contributed by atoms with Crippen LogP contribution in [0.1, 0.15) is 24.7 Å². The zero-order valence-corrected chi connectivity index (χ0v) is 17.6. The van der Waals surface area contributed by atoms with E-state index in [1.807, 2.05) is 30.3 Å². The predicted molar refractivity (Wildman–Crippen MR) is 119 cm³/mol. The van der Waals surface area contributed by atoms with Gasteiger partial charge in [0.1, 0.15) is 17.4 Å². The summed E-state index contributed by atoms with van der Waals surface area (Å²) >= 11 is 6.35. The molecule has 0 unspecified atom stereocenters. The largest absolute Gasteiger partial charge is 0.343 e. The monoisotopic (exact) mass is 444 g/mol. The fourth-order valence-electron chi connectivity index (χ4n) is 4.96. The van der Waals surface area contributed by atoms with Crippen LogP contribution in [-0.4, -0.2) is 40.7 Å². The van der Waals surface area contributed by atoms with Gasteiger partial charge in [0.05, 0.1) is 23.1 Å². The minimum Gasteiger partial charge on any atom is -0.343 e. The highest BCUT2D eigenvalue weighted by atomic mass is 35.5. The summed E-state index contributed by atoms with van der Waals surface area (Å²) in [5.41, 5.74) is 2.42. The third-order valence-corrected chi connectivity index (χ3v) is 6.97. The quantitative estimate of drug-likeness (QED) is 0.459. The van der Waals surface area contributed by atoms with Crippen molar-refractivity contribution < 1.29 is 0 Å². The molecule has 1 saturated heterocycles. The van der Waals surface area contributed by atoms with Crippen molar-refractivity contribution in [2.45, 2.75) is 18.9 Å². The lowest BCUT2D eigenvalue weighted by Gasteiger charge is -2.49. The van der Waals surface area contributed by atoms with Crippen LogP contribution in [0.4, 0.5) is 5.82 Å². The number of aromatic amines is 1. The smallest absolute Gasteiger partial charge is 0.284 e. The Kier molecular flexibility index (Phi) is 3.45. The van der Waals surface area contributed by atoms with Crippen LogP contribution in [0.5, 0.6) is 0 Å². The topological polar surface area (TPSA) is 97.0 Å². The lowest BCUT2D eigenvalue weighted by molar-refractivity contribution is 0.251. The minimum absolute atomic E-state index is 0.0812. The minimum atomic E-state index is -0.187. The first kappa shape index (κ1) is 17.9. The molecule has 0 bridgehead atoms. The molecule has 0 radical (unpaired) electrons. The molecular weight excluding hydrogens is 428 g/mol. The molecule has 9 nitrogen and oxygen atoms in total. The van der Waals surface area contributed by atoms with Crippen molar-refractivity contribution in [2.75, 3.05) is 11.4 Å². The lowest BCUT2D eigenvalue weighted by atomic mass is 9.84. The molecule has 2 aliphatic rings. The van der Waals surface area contributed by atoms with Gasteiger partial charge in [-0.2, -0.15) is 5.10 Å². The molecule has 2 fully saturated rings. The van der Waals surface area contributed by atoms with Gasteiger partial charge in [-0.25, -0.2) is 19.5 Å². The van der Waals surface area contributed by atoms with E-state index in [1.54, 1.807) is 27.7 Å². The van der Waals surface area contributed by atoms with Crippen LogP contribution in [0.2, 0.25) is 5.02 Å². The van der Waals surface area contributed by atoms with Crippen molar-refractivity contribution in [3.05, 3.63) is 76.5 Å². The average Bonchev–Trinajstić information content (AvgIpc) is 3.31. The Bertz CT molecular complexity index is 1570. The summed E-state index contributed by atoms with van der Waals surface area (Å²) < 4.78 is 3.29. The van der Waals surface area contributed by atoms with Gasteiger partial charge in [0.2, 0.25) is 0 Å². The molecule has 1 aliphatic heterocycles. The SMILES string of the molecule is O=c1c2c(Cl)ccn2nc([C@H]2N(c3ncnc4nc[nH]c34)CC23CC3)n1-c1ccccc1. The van der Waals surface area contributed by atoms with Crippen LogP contribution < -0.4 is 10.5 Å². The first-order valence-electron chi connectivity index (χ1n) is 10.4. The van der Waals surface area contributed by atoms with Gasteiger partial charge in [-0.1, -0.05) is 29.8 Å². The molecule has 7 rings (SSSR count). The maximum atomic E-state index is 13.7. The van der Waals surface area contributed by atoms with Crippen molar-refractivity contribution in [1.29, 1.82) is 0 Å². The summed E-state index contributed by atoms with van der Waals surface area (Å²) in [5, 5.41) is 5.31. The second-order valence-electron chi connectivity index (χ2n) is 8.48. The first-order valence-corrected chi connectivity index (χ1v) is 10.8. The Morgan fingerprint density at radius 1 is 1.09 bits per heavy atom. The number of nitrogens with one attached hydrogen (secondary N) is 1. The van der Waals surface area contributed by atoms with Gasteiger partial charge in [0, 0.05) is 18.2 Å². The molecule has 1 saturated carbocycles. The summed E-state index contributed by atoms with van der Waals surface area (Å²) in [7, 11) is 0. The van der Waals surface area contributed by atoms with Crippen molar-refractivity contribution >= 4 is 34.1 Å². The molecular formula is C22H17ClN8O. The third-order valence-electron chi connectivity index (χ3n) is 6.67. The number of para-hydroxylation sites is 1. The van der Waals surface area contributed by atoms with E-state index in [1.165, 1.54) is 6.33 Å². The van der Waals surface area contributed by atoms with Crippen LogP contribution in [0.3, 0.4) is 0 Å². The number of aromatic nitrogens is 7. The van der Waals surface area contributed by atoms with Gasteiger partial charge in [-0.15, -0.1) is 0 Å². The lowest BCUT2D eigenvalue weighted by Crippen LogP contribution is -2.54. The Balaban J connectivity index is 1.49. The number of hydrogen-bond donors (Lipinski definition) is 1. The maximum Gasteiger partial charge on any atom is 0.284 e. The summed E-state index contributed by atoms with van der Waals surface area (Å²) in [6, 6.07) is 11.2. The van der Waals surface area contributed by atoms with E-state index in [4.69, 9.17) is 16.7 Å². The molecule has 158 valence electrons. The van der Waals surface area contributed by atoms with Crippen molar-refractivity contribution in [3.8, 4) is 5.69 Å². The van der Waals surface area contributed by atoms with E-state index >= 15 is 0 Å². The zero-order valence-electron chi connectivity index (χ0n) is 16.8. The number of rotatable bonds is 3. The van der Waals surface area contributed by atoms with E-state index in [9.17, 15) is 4.79 Å². The summed E-state index contributed by atoms with van der Waals surface area (Å²) in [5.74, 6) is 1.45. The molecule has 5 aromatic rings. The molecule has 32 heavy (non-hydrogen) atoms. The highest BCUT2D eigenvalue weighted by Gasteiger charge is 2.63. The standard InChI is InChI=1S/C22H17ClN8O/c23-14-6-9-30-16(14)21(32)31(13-4-2-1-3-5-13)20(28-30)17-22(7-8-22)10-29(17)19-15-18(25-11-24-15)26-12-27-19/h1-6,9,11-12,17H,7-8,10H2,(H,24,25,26,27)/t17-/m1/s1. The van der Waals surface area contributed by atoms with Gasteiger partial charge in [-0.3, -0.25) is 9.36 Å². The van der Waals surface area contributed by atoms with Gasteiger partial charge in [0.15, 0.2) is 17.3 Å². The fraction of sp³-hybridized carbons (Fsp3) is 0.227. The van der Waals surface area contributed by atoms with Gasteiger partial charge >= 0.3 is 0 Å². The molecule has 1 N–H and O–H groups in total. The second kappa shape index (κ2) is 6.17. The van der Waals surface area contributed by atoms with Gasteiger partial charge in [-0.05, 0) is 31.0 Å². The molecule has 1 atom stereocenters. The van der Waals surface area contributed by atoms with Gasteiger partial charge < -0.3 is 9.88 Å². The Labute approximate surface area is 186 Å². The average molecular weight is 445 g/mol. The first-order chi connectivity index (χ1) is 15.7. The number of benzene rings is 1. The third kappa shape index (κ3) is 2.31. The number of fused-ring (bicyclic) bond motifs is 2. The van der Waals surface area contributed by atoms with E-state index in [2.05, 4.69) is 24.8 Å². The van der Waals surface area contributed by atoms with E-state index in [-0.39, 0.29) is 17.0 Å². The molecule has 1 aliphatic carbocycles. The van der Waals surface area contributed by atoms with Crippen LogP contribution in [0, 0.1) is 5.41 Å². The highest BCUT2D eigenvalue weighted by Crippen LogP contribution is 2.65. The molecule has 0 amide bonds. The summed E-state index contributed by atoms with van der Waals surface area (Å²) in [6.45, 7) is 0.845. The van der Waals surface area contributed by atoms with Crippen molar-refractivity contribution in [3.63, 3.8) is 0 Å². The van der Waals surface area contributed by atoms with Crippen LogP contribution in [0.15, 0.2) is 60.0 Å². The second-order valence-corrected chi connectivity index (χ2v) is 8.89. The summed E-state index contributed by atoms with van der Waals surface area (Å²) in [4.78, 5) is 32.1. The Hall–Kier alpha value is -3.72. The summed E-state index contributed by atoms with van der Waals surface area (Å²) in [6.07, 6.45) is 7.05. The van der Waals surface area contributed by atoms with Crippen molar-refractivity contribution in [1.82, 2.24) is 34.1 Å². The van der Waals surface area contributed by atoms with E-state index in [0.717, 1.165) is 36.4 Å². The Morgan fingerprint density at radius 2 is 1.94 bits per heavy atom. The van der Waals surface area contributed by atoms with E-state index < -0.39 is 0 Å². The molecule has 5 heterocycles. The predicted octanol–water partition coefficient (Wildman–Crippen LogP) is 3.15. The number of H-pyrrole nitrogens is 1. The van der Waals surface area contributed by atoms with Crippen LogP contribution in [-0.2, 0) is 0 Å². The maximum absolute atomic E-state index is 13.7. The highest BCUT2D eigenvalue weighted by molar-refractivity contribution is 6.33. The van der Waals surface area contributed by atoms with Crippen molar-refractivity contribution in [2.24, 2.45) is 5.41 Å². The zero-order chi connectivity index (χ0) is 21.4. The normalized spacial score (nSPS) is 19.0. The number of imidazole rings is 1. The molecule has 1 spiro atoms. The molecule has 4 aromatic heterocycles. The Morgan fingerprint density at radius 3 is 2.75 bits per heavy atom. The van der Waals surface area contributed by atoms with E-state index in [0.29, 0.717) is 22.0 Å². The number of hydrogen-bond acceptors (Lipinski definition) is 6. The number of halogens is 1. The number of nitrogens with zero attached hydrogens (tertiary/aromatic N) is 7. The fourth-order valence-corrected chi connectivity index (χ4v) is 5.18. The number of anilines is 1. The van der Waals surface area contributed by atoms with Crippen LogP contribution >= 0.6 is 11.6 Å². The molecule has 1 aromatic carbocycles. The van der Waals surface area contributed by atoms with Gasteiger partial charge in [0.25, 0.3) is 5.56 Å².